The molecule has 1 aromatic carbocycles. The zero-order valence-electron chi connectivity index (χ0n) is 20.5. The normalized spacial score (nSPS) is 15.0. The molecule has 1 unspecified atom stereocenters. The highest BCUT2D eigenvalue weighted by atomic mass is 19.1. The summed E-state index contributed by atoms with van der Waals surface area (Å²) in [6, 6.07) is 4.53. The third-order valence-corrected chi connectivity index (χ3v) is 6.10. The molecule has 11 nitrogen and oxygen atoms in total. The number of aryl methyl sites for hydroxylation is 1. The van der Waals surface area contributed by atoms with Crippen molar-refractivity contribution in [2.24, 2.45) is 0 Å². The van der Waals surface area contributed by atoms with Crippen molar-refractivity contribution in [3.8, 4) is 5.75 Å². The first-order chi connectivity index (χ1) is 16.9. The second kappa shape index (κ2) is 10.7. The van der Waals surface area contributed by atoms with Crippen LogP contribution in [0.1, 0.15) is 41.3 Å². The fraction of sp³-hybridized carbons (Fsp3) is 0.417. The van der Waals surface area contributed by atoms with Gasteiger partial charge in [0.25, 0.3) is 5.56 Å². The maximum atomic E-state index is 13.1. The minimum Gasteiger partial charge on any atom is -0.501 e. The number of nitrogens with zero attached hydrogens (tertiary/aromatic N) is 5. The minimum absolute atomic E-state index is 0.0194. The number of carbonyl (C=O) groups excluding carboxylic acids is 4. The molecule has 1 aromatic heterocycles. The molecule has 0 spiro atoms. The zero-order valence-corrected chi connectivity index (χ0v) is 20.5. The molecule has 0 radical (unpaired) electrons. The fourth-order valence-electron chi connectivity index (χ4n) is 3.92. The second-order valence-corrected chi connectivity index (χ2v) is 8.77. The number of aromatic nitrogens is 2. The Morgan fingerprint density at radius 2 is 1.72 bits per heavy atom. The van der Waals surface area contributed by atoms with Gasteiger partial charge in [-0.15, -0.1) is 0 Å². The highest BCUT2D eigenvalue weighted by molar-refractivity contribution is 6.34. The first kappa shape index (κ1) is 26.5. The molecule has 1 aliphatic rings. The molecule has 1 atom stereocenters. The van der Waals surface area contributed by atoms with Crippen molar-refractivity contribution in [3.05, 3.63) is 57.5 Å². The van der Waals surface area contributed by atoms with Crippen LogP contribution in [0.4, 0.5) is 4.39 Å². The van der Waals surface area contributed by atoms with E-state index in [9.17, 15) is 33.5 Å². The molecule has 2 heterocycles. The Labute approximate surface area is 206 Å². The van der Waals surface area contributed by atoms with Gasteiger partial charge in [-0.1, -0.05) is 12.1 Å². The molecule has 0 aliphatic carbocycles. The van der Waals surface area contributed by atoms with E-state index in [-0.39, 0.29) is 44.2 Å². The minimum atomic E-state index is -1.04. The van der Waals surface area contributed by atoms with Gasteiger partial charge in [0.2, 0.25) is 11.7 Å². The van der Waals surface area contributed by atoms with Crippen LogP contribution in [0.25, 0.3) is 0 Å². The molecule has 0 saturated heterocycles. The Hall–Kier alpha value is -4.09. The molecular weight excluding hydrogens is 473 g/mol. The first-order valence-electron chi connectivity index (χ1n) is 11.3. The Kier molecular flexibility index (Phi) is 7.86. The lowest BCUT2D eigenvalue weighted by atomic mass is 10.1. The summed E-state index contributed by atoms with van der Waals surface area (Å²) < 4.78 is 14.3. The largest absolute Gasteiger partial charge is 0.501 e. The van der Waals surface area contributed by atoms with Gasteiger partial charge >= 0.3 is 11.8 Å². The zero-order chi connectivity index (χ0) is 26.7. The Morgan fingerprint density at radius 3 is 2.31 bits per heavy atom. The quantitative estimate of drug-likeness (QED) is 0.462. The monoisotopic (exact) mass is 501 g/mol. The van der Waals surface area contributed by atoms with Crippen LogP contribution in [-0.2, 0) is 27.3 Å². The van der Waals surface area contributed by atoms with Crippen molar-refractivity contribution >= 4 is 23.5 Å². The number of hydrogen-bond acceptors (Lipinski definition) is 7. The van der Waals surface area contributed by atoms with Crippen molar-refractivity contribution < 1.29 is 28.7 Å². The Bertz CT molecular complexity index is 1260. The Balaban J connectivity index is 2.02. The number of Topliss-reactive ketones (excluding diaryl/α,β-unsaturated/α-hetero) is 1. The van der Waals surface area contributed by atoms with Gasteiger partial charge in [0, 0.05) is 54.1 Å². The predicted octanol–water partition coefficient (Wildman–Crippen LogP) is 0.353. The summed E-state index contributed by atoms with van der Waals surface area (Å²) in [6.45, 7) is 1.33. The number of rotatable bonds is 5. The molecule has 2 aromatic rings. The highest BCUT2D eigenvalue weighted by Crippen LogP contribution is 2.25. The van der Waals surface area contributed by atoms with Crippen LogP contribution >= 0.6 is 0 Å². The third-order valence-electron chi connectivity index (χ3n) is 6.10. The highest BCUT2D eigenvalue weighted by Gasteiger charge is 2.36. The molecule has 0 saturated carbocycles. The van der Waals surface area contributed by atoms with E-state index in [2.05, 4.69) is 4.98 Å². The van der Waals surface area contributed by atoms with E-state index in [1.165, 1.54) is 57.2 Å². The average molecular weight is 502 g/mol. The van der Waals surface area contributed by atoms with E-state index < -0.39 is 46.5 Å². The number of carbonyl (C=O) groups is 4. The van der Waals surface area contributed by atoms with Crippen molar-refractivity contribution in [1.82, 2.24) is 24.3 Å². The fourth-order valence-corrected chi connectivity index (χ4v) is 3.92. The lowest BCUT2D eigenvalue weighted by molar-refractivity contribution is -0.151. The van der Waals surface area contributed by atoms with Crippen LogP contribution < -0.4 is 5.56 Å². The lowest BCUT2D eigenvalue weighted by Crippen LogP contribution is -2.46. The van der Waals surface area contributed by atoms with Gasteiger partial charge in [-0.2, -0.15) is 0 Å². The van der Waals surface area contributed by atoms with Gasteiger partial charge in [0.05, 0.1) is 0 Å². The summed E-state index contributed by atoms with van der Waals surface area (Å²) in [5.41, 5.74) is -0.673. The third kappa shape index (κ3) is 5.42. The van der Waals surface area contributed by atoms with Crippen molar-refractivity contribution in [2.75, 3.05) is 34.2 Å². The number of halogens is 1. The van der Waals surface area contributed by atoms with E-state index >= 15 is 0 Å². The maximum Gasteiger partial charge on any atom is 0.312 e. The molecule has 0 bridgehead atoms. The number of ketones is 1. The summed E-state index contributed by atoms with van der Waals surface area (Å²) in [4.78, 5) is 71.2. The molecule has 0 fully saturated rings. The summed E-state index contributed by atoms with van der Waals surface area (Å²) in [7, 11) is 4.17. The molecule has 1 aliphatic heterocycles. The molecule has 1 N–H and O–H groups in total. The van der Waals surface area contributed by atoms with E-state index in [0.29, 0.717) is 5.56 Å². The van der Waals surface area contributed by atoms with Gasteiger partial charge < -0.3 is 19.8 Å². The molecule has 192 valence electrons. The van der Waals surface area contributed by atoms with E-state index in [1.54, 1.807) is 0 Å². The van der Waals surface area contributed by atoms with Gasteiger partial charge in [-0.25, -0.2) is 9.37 Å². The first-order valence-corrected chi connectivity index (χ1v) is 11.3. The second-order valence-electron chi connectivity index (χ2n) is 8.77. The smallest absolute Gasteiger partial charge is 0.312 e. The lowest BCUT2D eigenvalue weighted by Gasteiger charge is -2.30. The van der Waals surface area contributed by atoms with Crippen LogP contribution in [-0.4, -0.2) is 87.1 Å². The van der Waals surface area contributed by atoms with Crippen molar-refractivity contribution in [1.29, 1.82) is 0 Å². The van der Waals surface area contributed by atoms with Gasteiger partial charge in [0.1, 0.15) is 17.7 Å². The Morgan fingerprint density at radius 1 is 1.08 bits per heavy atom. The standard InChI is InChI=1S/C24H28FN5O6/c1-14(31)29-11-12-30-21(17(13-29)28(4)24(36)23(35)27(2)3)26-19(20(33)22(30)34)18(32)10-7-15-5-8-16(25)9-6-15/h5-6,8-9,17,33H,7,10-13H2,1-4H3. The number of likely N-dealkylation sites (N-methyl/N-ethyl adjacent to an activating group) is 2. The van der Waals surface area contributed by atoms with Crippen molar-refractivity contribution in [3.63, 3.8) is 0 Å². The summed E-state index contributed by atoms with van der Waals surface area (Å²) in [6.07, 6.45) is 0.100. The summed E-state index contributed by atoms with van der Waals surface area (Å²) >= 11 is 0. The van der Waals surface area contributed by atoms with Crippen LogP contribution in [0.5, 0.6) is 5.75 Å². The van der Waals surface area contributed by atoms with E-state index in [0.717, 1.165) is 14.4 Å². The van der Waals surface area contributed by atoms with Crippen LogP contribution in [0.15, 0.2) is 29.1 Å². The number of benzene rings is 1. The molecular formula is C24H28FN5O6. The molecule has 3 amide bonds. The van der Waals surface area contributed by atoms with Gasteiger partial charge in [-0.3, -0.25) is 28.5 Å². The van der Waals surface area contributed by atoms with Crippen LogP contribution in [0.2, 0.25) is 0 Å². The molecule has 12 heteroatoms. The van der Waals surface area contributed by atoms with E-state index in [4.69, 9.17) is 0 Å². The topological polar surface area (TPSA) is 133 Å². The van der Waals surface area contributed by atoms with E-state index in [1.807, 2.05) is 0 Å². The van der Waals surface area contributed by atoms with Crippen LogP contribution in [0.3, 0.4) is 0 Å². The number of hydrogen-bond donors (Lipinski definition) is 1. The number of aromatic hydroxyl groups is 1. The van der Waals surface area contributed by atoms with Crippen LogP contribution in [0, 0.1) is 5.82 Å². The van der Waals surface area contributed by atoms with Crippen molar-refractivity contribution in [2.45, 2.75) is 32.4 Å². The summed E-state index contributed by atoms with van der Waals surface area (Å²) in [5, 5.41) is 10.5. The summed E-state index contributed by atoms with van der Waals surface area (Å²) in [5.74, 6) is -3.93. The van der Waals surface area contributed by atoms with Gasteiger partial charge in [0.15, 0.2) is 11.5 Å². The SMILES string of the molecule is CC(=O)N1CCn2c(nc(C(=O)CCc3ccc(F)cc3)c(O)c2=O)C(N(C)C(=O)C(=O)N(C)C)C1. The average Bonchev–Trinajstić information content (AvgIpc) is 3.04. The number of amides is 3. The maximum absolute atomic E-state index is 13.1. The number of fused-ring (bicyclic) bond motifs is 1. The van der Waals surface area contributed by atoms with Gasteiger partial charge in [-0.05, 0) is 24.1 Å². The molecule has 3 rings (SSSR count). The predicted molar refractivity (Wildman–Crippen MR) is 126 cm³/mol. The molecule has 36 heavy (non-hydrogen) atoms.